The molecule has 0 atom stereocenters. The summed E-state index contributed by atoms with van der Waals surface area (Å²) < 4.78 is 5.15. The van der Waals surface area contributed by atoms with E-state index in [9.17, 15) is 9.59 Å². The molecule has 1 N–H and O–H groups in total. The van der Waals surface area contributed by atoms with Gasteiger partial charge in [-0.1, -0.05) is 17.7 Å². The van der Waals surface area contributed by atoms with E-state index in [1.807, 2.05) is 11.4 Å². The third kappa shape index (κ3) is 4.31. The number of methoxy groups -OCH3 is 1. The van der Waals surface area contributed by atoms with Crippen LogP contribution in [0.1, 0.15) is 22.5 Å². The summed E-state index contributed by atoms with van der Waals surface area (Å²) in [4.78, 5) is 24.4. The number of ketones is 1. The molecule has 1 amide bonds. The van der Waals surface area contributed by atoms with E-state index in [1.165, 1.54) is 18.4 Å². The Balaban J connectivity index is 1.93. The molecule has 2 rings (SSSR count). The van der Waals surface area contributed by atoms with Crippen molar-refractivity contribution in [3.05, 3.63) is 45.6 Å². The average Bonchev–Trinajstić information content (AvgIpc) is 2.99. The standard InChI is InChI=1S/C15H14ClNO3S/c1-20-13-6-4-10(16)9-11(13)17-15(19)7-5-12(18)14-3-2-8-21-14/h2-4,6,8-9H,5,7H2,1H3,(H,17,19). The van der Waals surface area contributed by atoms with Crippen molar-refractivity contribution in [2.45, 2.75) is 12.8 Å². The Morgan fingerprint density at radius 1 is 1.29 bits per heavy atom. The predicted molar refractivity (Wildman–Crippen MR) is 84.5 cm³/mol. The number of carbonyl (C=O) groups is 2. The Morgan fingerprint density at radius 2 is 2.10 bits per heavy atom. The fourth-order valence-electron chi connectivity index (χ4n) is 1.78. The smallest absolute Gasteiger partial charge is 0.224 e. The van der Waals surface area contributed by atoms with Gasteiger partial charge in [0.1, 0.15) is 5.75 Å². The molecule has 0 aliphatic rings. The zero-order valence-electron chi connectivity index (χ0n) is 11.4. The van der Waals surface area contributed by atoms with Gasteiger partial charge in [-0.25, -0.2) is 0 Å². The monoisotopic (exact) mass is 323 g/mol. The molecular formula is C15H14ClNO3S. The zero-order valence-corrected chi connectivity index (χ0v) is 13.0. The first kappa shape index (κ1) is 15.5. The molecule has 1 aromatic heterocycles. The van der Waals surface area contributed by atoms with Gasteiger partial charge in [-0.05, 0) is 29.6 Å². The minimum Gasteiger partial charge on any atom is -0.495 e. The van der Waals surface area contributed by atoms with Crippen LogP contribution in [0.2, 0.25) is 5.02 Å². The van der Waals surface area contributed by atoms with Gasteiger partial charge in [0.05, 0.1) is 17.7 Å². The maximum atomic E-state index is 11.9. The highest BCUT2D eigenvalue weighted by Gasteiger charge is 2.12. The number of benzene rings is 1. The van der Waals surface area contributed by atoms with Crippen LogP contribution in [0.3, 0.4) is 0 Å². The Bertz CT molecular complexity index is 640. The molecule has 4 nitrogen and oxygen atoms in total. The van der Waals surface area contributed by atoms with E-state index >= 15 is 0 Å². The lowest BCUT2D eigenvalue weighted by atomic mass is 10.2. The van der Waals surface area contributed by atoms with Gasteiger partial charge in [0.25, 0.3) is 0 Å². The van der Waals surface area contributed by atoms with Crippen LogP contribution in [0.25, 0.3) is 0 Å². The Hall–Kier alpha value is -1.85. The first-order valence-electron chi connectivity index (χ1n) is 6.30. The minimum atomic E-state index is -0.250. The van der Waals surface area contributed by atoms with Gasteiger partial charge in [0.15, 0.2) is 5.78 Å². The number of Topliss-reactive ketones (excluding diaryl/α,β-unsaturated/α-hetero) is 1. The van der Waals surface area contributed by atoms with E-state index in [2.05, 4.69) is 5.32 Å². The quantitative estimate of drug-likeness (QED) is 0.817. The van der Waals surface area contributed by atoms with E-state index in [1.54, 1.807) is 24.3 Å². The van der Waals surface area contributed by atoms with Crippen molar-refractivity contribution in [2.24, 2.45) is 0 Å². The topological polar surface area (TPSA) is 55.4 Å². The van der Waals surface area contributed by atoms with Gasteiger partial charge < -0.3 is 10.1 Å². The van der Waals surface area contributed by atoms with Crippen molar-refractivity contribution < 1.29 is 14.3 Å². The van der Waals surface area contributed by atoms with Crippen LogP contribution in [0.4, 0.5) is 5.69 Å². The molecule has 0 unspecified atom stereocenters. The molecule has 0 saturated heterocycles. The van der Waals surface area contributed by atoms with E-state index in [0.29, 0.717) is 21.3 Å². The molecule has 0 fully saturated rings. The van der Waals surface area contributed by atoms with E-state index < -0.39 is 0 Å². The number of halogens is 1. The number of anilines is 1. The largest absolute Gasteiger partial charge is 0.495 e. The lowest BCUT2D eigenvalue weighted by Crippen LogP contribution is -2.13. The highest BCUT2D eigenvalue weighted by atomic mass is 35.5. The van der Waals surface area contributed by atoms with Crippen molar-refractivity contribution in [1.29, 1.82) is 0 Å². The van der Waals surface area contributed by atoms with Gasteiger partial charge in [0, 0.05) is 17.9 Å². The van der Waals surface area contributed by atoms with Gasteiger partial charge in [-0.2, -0.15) is 0 Å². The Kier molecular flexibility index (Phi) is 5.36. The molecule has 1 aromatic carbocycles. The summed E-state index contributed by atoms with van der Waals surface area (Å²) in [6, 6.07) is 8.53. The molecule has 0 bridgehead atoms. The van der Waals surface area contributed by atoms with Gasteiger partial charge in [-0.15, -0.1) is 11.3 Å². The van der Waals surface area contributed by atoms with Crippen LogP contribution in [-0.2, 0) is 4.79 Å². The normalized spacial score (nSPS) is 10.2. The second-order valence-corrected chi connectivity index (χ2v) is 5.68. The van der Waals surface area contributed by atoms with Crippen LogP contribution in [0, 0.1) is 0 Å². The van der Waals surface area contributed by atoms with Gasteiger partial charge in [0.2, 0.25) is 5.91 Å². The number of ether oxygens (including phenoxy) is 1. The molecule has 0 aliphatic carbocycles. The highest BCUT2D eigenvalue weighted by Crippen LogP contribution is 2.27. The van der Waals surface area contributed by atoms with E-state index in [0.717, 1.165) is 0 Å². The Labute approximate surface area is 131 Å². The first-order chi connectivity index (χ1) is 10.1. The molecule has 21 heavy (non-hydrogen) atoms. The molecule has 110 valence electrons. The second kappa shape index (κ2) is 7.24. The SMILES string of the molecule is COc1ccc(Cl)cc1NC(=O)CCC(=O)c1cccs1. The minimum absolute atomic E-state index is 0.0294. The molecular weight excluding hydrogens is 310 g/mol. The third-order valence-electron chi connectivity index (χ3n) is 2.81. The van der Waals surface area contributed by atoms with Crippen LogP contribution in [0.5, 0.6) is 5.75 Å². The second-order valence-electron chi connectivity index (χ2n) is 4.29. The van der Waals surface area contributed by atoms with Crippen LogP contribution < -0.4 is 10.1 Å². The zero-order chi connectivity index (χ0) is 15.2. The number of hydrogen-bond donors (Lipinski definition) is 1. The predicted octanol–water partition coefficient (Wildman–Crippen LogP) is 4.01. The van der Waals surface area contributed by atoms with E-state index in [-0.39, 0.29) is 24.5 Å². The maximum absolute atomic E-state index is 11.9. The fraction of sp³-hybridized carbons (Fsp3) is 0.200. The van der Waals surface area contributed by atoms with Crippen LogP contribution >= 0.6 is 22.9 Å². The number of nitrogens with one attached hydrogen (secondary N) is 1. The average molecular weight is 324 g/mol. The summed E-state index contributed by atoms with van der Waals surface area (Å²) in [5.74, 6) is 0.246. The van der Waals surface area contributed by atoms with Crippen LogP contribution in [-0.4, -0.2) is 18.8 Å². The first-order valence-corrected chi connectivity index (χ1v) is 7.56. The molecule has 0 spiro atoms. The van der Waals surface area contributed by atoms with Crippen LogP contribution in [0.15, 0.2) is 35.7 Å². The lowest BCUT2D eigenvalue weighted by Gasteiger charge is -2.10. The summed E-state index contributed by atoms with van der Waals surface area (Å²) in [5.41, 5.74) is 0.499. The number of thiophene rings is 1. The number of rotatable bonds is 6. The summed E-state index contributed by atoms with van der Waals surface area (Å²) in [6.07, 6.45) is 0.293. The van der Waals surface area contributed by atoms with Crippen molar-refractivity contribution in [3.8, 4) is 5.75 Å². The van der Waals surface area contributed by atoms with Gasteiger partial charge >= 0.3 is 0 Å². The van der Waals surface area contributed by atoms with Crippen molar-refractivity contribution in [2.75, 3.05) is 12.4 Å². The summed E-state index contributed by atoms with van der Waals surface area (Å²) in [6.45, 7) is 0. The molecule has 0 aliphatic heterocycles. The van der Waals surface area contributed by atoms with Gasteiger partial charge in [-0.3, -0.25) is 9.59 Å². The fourth-order valence-corrected chi connectivity index (χ4v) is 2.64. The van der Waals surface area contributed by atoms with Crippen molar-refractivity contribution in [1.82, 2.24) is 0 Å². The maximum Gasteiger partial charge on any atom is 0.224 e. The van der Waals surface area contributed by atoms with E-state index in [4.69, 9.17) is 16.3 Å². The number of amides is 1. The number of hydrogen-bond acceptors (Lipinski definition) is 4. The Morgan fingerprint density at radius 3 is 2.76 bits per heavy atom. The van der Waals surface area contributed by atoms with Crippen molar-refractivity contribution in [3.63, 3.8) is 0 Å². The third-order valence-corrected chi connectivity index (χ3v) is 3.96. The molecule has 0 saturated carbocycles. The summed E-state index contributed by atoms with van der Waals surface area (Å²) in [7, 11) is 1.51. The molecule has 2 aromatic rings. The number of carbonyl (C=O) groups excluding carboxylic acids is 2. The highest BCUT2D eigenvalue weighted by molar-refractivity contribution is 7.12. The summed E-state index contributed by atoms with van der Waals surface area (Å²) in [5, 5.41) is 5.04. The van der Waals surface area contributed by atoms with Crippen molar-refractivity contribution >= 4 is 40.3 Å². The molecule has 0 radical (unpaired) electrons. The molecule has 6 heteroatoms. The lowest BCUT2D eigenvalue weighted by molar-refractivity contribution is -0.116. The summed E-state index contributed by atoms with van der Waals surface area (Å²) >= 11 is 7.27. The molecule has 1 heterocycles.